The van der Waals surface area contributed by atoms with Crippen LogP contribution in [0.2, 0.25) is 0 Å². The number of carbonyl (C=O) groups excluding carboxylic acids is 1. The Morgan fingerprint density at radius 1 is 1.38 bits per heavy atom. The minimum Gasteiger partial charge on any atom is -0.459 e. The van der Waals surface area contributed by atoms with Gasteiger partial charge in [-0.25, -0.2) is 4.79 Å². The molecule has 0 aromatic heterocycles. The third kappa shape index (κ3) is 3.66. The van der Waals surface area contributed by atoms with E-state index < -0.39 is 0 Å². The van der Waals surface area contributed by atoms with Gasteiger partial charge in [0.2, 0.25) is 0 Å². The summed E-state index contributed by atoms with van der Waals surface area (Å²) >= 11 is 0. The molecule has 0 radical (unpaired) electrons. The zero-order valence-corrected chi connectivity index (χ0v) is 10.8. The molecule has 1 aliphatic carbocycles. The molecule has 2 nitrogen and oxygen atoms in total. The van der Waals surface area contributed by atoms with E-state index in [1.807, 2.05) is 0 Å². The second kappa shape index (κ2) is 6.07. The fourth-order valence-corrected chi connectivity index (χ4v) is 2.41. The van der Waals surface area contributed by atoms with Crippen molar-refractivity contribution in [1.82, 2.24) is 0 Å². The van der Waals surface area contributed by atoms with Crippen molar-refractivity contribution in [2.24, 2.45) is 11.8 Å². The summed E-state index contributed by atoms with van der Waals surface area (Å²) in [6.07, 6.45) is 5.94. The summed E-state index contributed by atoms with van der Waals surface area (Å²) in [5.74, 6) is 1.17. The highest BCUT2D eigenvalue weighted by Gasteiger charge is 2.27. The van der Waals surface area contributed by atoms with E-state index in [9.17, 15) is 4.79 Å². The fourth-order valence-electron chi connectivity index (χ4n) is 2.41. The molecule has 0 saturated heterocycles. The Hall–Kier alpha value is -0.790. The molecule has 0 bridgehead atoms. The number of hydrogen-bond acceptors (Lipinski definition) is 2. The maximum Gasteiger partial charge on any atom is 0.333 e. The molecule has 0 spiro atoms. The topological polar surface area (TPSA) is 26.3 Å². The molecule has 0 aromatic carbocycles. The number of ether oxygens (including phenoxy) is 1. The van der Waals surface area contributed by atoms with Crippen LogP contribution >= 0.6 is 0 Å². The molecule has 0 N–H and O–H groups in total. The number of rotatable bonds is 4. The summed E-state index contributed by atoms with van der Waals surface area (Å²) in [5.41, 5.74) is 0.502. The number of carbonyl (C=O) groups is 1. The van der Waals surface area contributed by atoms with E-state index in [4.69, 9.17) is 4.74 Å². The Morgan fingerprint density at radius 2 is 1.94 bits per heavy atom. The normalized spacial score (nSPS) is 27.2. The Bertz CT molecular complexity index is 249. The van der Waals surface area contributed by atoms with Gasteiger partial charge in [0, 0.05) is 5.57 Å². The van der Waals surface area contributed by atoms with Gasteiger partial charge >= 0.3 is 5.97 Å². The van der Waals surface area contributed by atoms with Crippen LogP contribution < -0.4 is 0 Å². The second-order valence-electron chi connectivity index (χ2n) is 5.15. The van der Waals surface area contributed by atoms with E-state index in [0.29, 0.717) is 11.5 Å². The molecule has 1 atom stereocenters. The van der Waals surface area contributed by atoms with Crippen molar-refractivity contribution in [2.75, 3.05) is 0 Å². The zero-order chi connectivity index (χ0) is 12.1. The minimum atomic E-state index is -0.231. The van der Waals surface area contributed by atoms with Gasteiger partial charge in [0.05, 0.1) is 0 Å². The van der Waals surface area contributed by atoms with Crippen molar-refractivity contribution >= 4 is 5.97 Å². The van der Waals surface area contributed by atoms with Crippen LogP contribution in [0.15, 0.2) is 12.2 Å². The Morgan fingerprint density at radius 3 is 2.38 bits per heavy atom. The standard InChI is InChI=1S/C14H24O2/c1-5-13(16-14(15)10(2)3)12-8-6-11(4)7-9-12/h11-13H,2,5-9H2,1,3-4H3. The number of esters is 1. The van der Waals surface area contributed by atoms with Gasteiger partial charge in [-0.2, -0.15) is 0 Å². The summed E-state index contributed by atoms with van der Waals surface area (Å²) in [5, 5.41) is 0. The van der Waals surface area contributed by atoms with Gasteiger partial charge in [-0.3, -0.25) is 0 Å². The predicted octanol–water partition coefficient (Wildman–Crippen LogP) is 3.71. The van der Waals surface area contributed by atoms with Gasteiger partial charge in [0.15, 0.2) is 0 Å². The maximum absolute atomic E-state index is 11.5. The lowest BCUT2D eigenvalue weighted by molar-refractivity contribution is -0.148. The van der Waals surface area contributed by atoms with Crippen LogP contribution in [0.1, 0.15) is 52.9 Å². The Labute approximate surface area is 99.1 Å². The first kappa shape index (κ1) is 13.3. The summed E-state index contributed by atoms with van der Waals surface area (Å²) in [6, 6.07) is 0. The van der Waals surface area contributed by atoms with Crippen LogP contribution in [0.25, 0.3) is 0 Å². The smallest absolute Gasteiger partial charge is 0.333 e. The molecule has 1 unspecified atom stereocenters. The molecular formula is C14H24O2. The predicted molar refractivity (Wildman–Crippen MR) is 66.1 cm³/mol. The van der Waals surface area contributed by atoms with Gasteiger partial charge in [0.25, 0.3) is 0 Å². The van der Waals surface area contributed by atoms with E-state index in [1.54, 1.807) is 6.92 Å². The molecule has 1 saturated carbocycles. The summed E-state index contributed by atoms with van der Waals surface area (Å²) in [4.78, 5) is 11.5. The van der Waals surface area contributed by atoms with Crippen molar-refractivity contribution < 1.29 is 9.53 Å². The van der Waals surface area contributed by atoms with Crippen LogP contribution in [0.5, 0.6) is 0 Å². The van der Waals surface area contributed by atoms with Gasteiger partial charge in [-0.15, -0.1) is 0 Å². The largest absolute Gasteiger partial charge is 0.459 e. The third-order valence-electron chi connectivity index (χ3n) is 3.60. The lowest BCUT2D eigenvalue weighted by Crippen LogP contribution is -2.29. The average molecular weight is 224 g/mol. The average Bonchev–Trinajstić information content (AvgIpc) is 2.26. The quantitative estimate of drug-likeness (QED) is 0.537. The number of hydrogen-bond donors (Lipinski definition) is 0. The first-order valence-corrected chi connectivity index (χ1v) is 6.41. The molecule has 0 aromatic rings. The highest BCUT2D eigenvalue weighted by atomic mass is 16.5. The summed E-state index contributed by atoms with van der Waals surface area (Å²) in [6.45, 7) is 9.73. The van der Waals surface area contributed by atoms with E-state index in [2.05, 4.69) is 20.4 Å². The fraction of sp³-hybridized carbons (Fsp3) is 0.786. The van der Waals surface area contributed by atoms with Gasteiger partial charge in [-0.05, 0) is 38.0 Å². The monoisotopic (exact) mass is 224 g/mol. The van der Waals surface area contributed by atoms with Crippen molar-refractivity contribution in [3.8, 4) is 0 Å². The lowest BCUT2D eigenvalue weighted by Gasteiger charge is -2.31. The molecule has 0 amide bonds. The van der Waals surface area contributed by atoms with Crippen LogP contribution in [0.4, 0.5) is 0 Å². The first-order chi connectivity index (χ1) is 7.54. The van der Waals surface area contributed by atoms with Crippen LogP contribution in [0, 0.1) is 11.8 Å². The molecule has 1 aliphatic rings. The van der Waals surface area contributed by atoms with E-state index in [1.165, 1.54) is 25.7 Å². The van der Waals surface area contributed by atoms with Gasteiger partial charge < -0.3 is 4.74 Å². The van der Waals surface area contributed by atoms with E-state index in [0.717, 1.165) is 12.3 Å². The molecule has 92 valence electrons. The van der Waals surface area contributed by atoms with Crippen molar-refractivity contribution in [2.45, 2.75) is 59.0 Å². The maximum atomic E-state index is 11.5. The van der Waals surface area contributed by atoms with Crippen molar-refractivity contribution in [1.29, 1.82) is 0 Å². The Kier molecular flexibility index (Phi) is 5.04. The summed E-state index contributed by atoms with van der Waals surface area (Å²) < 4.78 is 5.50. The van der Waals surface area contributed by atoms with E-state index in [-0.39, 0.29) is 12.1 Å². The van der Waals surface area contributed by atoms with E-state index >= 15 is 0 Å². The summed E-state index contributed by atoms with van der Waals surface area (Å²) in [7, 11) is 0. The van der Waals surface area contributed by atoms with Crippen LogP contribution in [0.3, 0.4) is 0 Å². The second-order valence-corrected chi connectivity index (χ2v) is 5.15. The van der Waals surface area contributed by atoms with Crippen LogP contribution in [-0.2, 0) is 9.53 Å². The minimum absolute atomic E-state index is 0.0942. The molecule has 0 aliphatic heterocycles. The Balaban J connectivity index is 2.47. The highest BCUT2D eigenvalue weighted by Crippen LogP contribution is 2.32. The molecule has 0 heterocycles. The molecule has 1 fully saturated rings. The molecule has 2 heteroatoms. The SMILES string of the molecule is C=C(C)C(=O)OC(CC)C1CCC(C)CC1. The van der Waals surface area contributed by atoms with Gasteiger partial charge in [-0.1, -0.05) is 33.3 Å². The third-order valence-corrected chi connectivity index (χ3v) is 3.60. The molecular weight excluding hydrogens is 200 g/mol. The molecule has 1 rings (SSSR count). The van der Waals surface area contributed by atoms with Crippen LogP contribution in [-0.4, -0.2) is 12.1 Å². The first-order valence-electron chi connectivity index (χ1n) is 6.41. The van der Waals surface area contributed by atoms with Crippen molar-refractivity contribution in [3.05, 3.63) is 12.2 Å². The van der Waals surface area contributed by atoms with Gasteiger partial charge in [0.1, 0.15) is 6.10 Å². The zero-order valence-electron chi connectivity index (χ0n) is 10.8. The molecule has 16 heavy (non-hydrogen) atoms. The lowest BCUT2D eigenvalue weighted by atomic mass is 9.79. The highest BCUT2D eigenvalue weighted by molar-refractivity contribution is 5.87. The van der Waals surface area contributed by atoms with Crippen molar-refractivity contribution in [3.63, 3.8) is 0 Å².